The minimum atomic E-state index is 0.494. The van der Waals surface area contributed by atoms with Crippen LogP contribution >= 0.6 is 0 Å². The number of rotatable bonds is 1. The van der Waals surface area contributed by atoms with E-state index in [1.165, 1.54) is 24.0 Å². The van der Waals surface area contributed by atoms with Crippen molar-refractivity contribution in [1.82, 2.24) is 0 Å². The summed E-state index contributed by atoms with van der Waals surface area (Å²) in [6.07, 6.45) is 4.46. The monoisotopic (exact) mass is 136 g/mol. The zero-order valence-corrected chi connectivity index (χ0v) is 7.20. The molecule has 0 radical (unpaired) electrons. The Morgan fingerprint density at radius 3 is 2.20 bits per heavy atom. The van der Waals surface area contributed by atoms with E-state index >= 15 is 0 Å². The lowest BCUT2D eigenvalue weighted by atomic mass is 9.89. The first-order valence-electron chi connectivity index (χ1n) is 3.86. The van der Waals surface area contributed by atoms with E-state index in [0.717, 1.165) is 0 Å². The van der Waals surface area contributed by atoms with Gasteiger partial charge >= 0.3 is 0 Å². The molecule has 0 spiro atoms. The van der Waals surface area contributed by atoms with E-state index in [1.807, 2.05) is 6.08 Å². The molecule has 0 aliphatic heterocycles. The molecule has 56 valence electrons. The molecule has 0 aromatic heterocycles. The average molecular weight is 136 g/mol. The molecule has 0 heterocycles. The Kier molecular flexibility index (Phi) is 1.72. The molecule has 0 heteroatoms. The third kappa shape index (κ3) is 1.31. The van der Waals surface area contributed by atoms with Crippen LogP contribution in [0.2, 0.25) is 0 Å². The molecule has 10 heavy (non-hydrogen) atoms. The second-order valence-corrected chi connectivity index (χ2v) is 4.03. The van der Waals surface area contributed by atoms with Crippen LogP contribution in [0, 0.1) is 5.41 Å². The van der Waals surface area contributed by atoms with E-state index < -0.39 is 0 Å². The largest absolute Gasteiger partial charge is 0.0988 e. The van der Waals surface area contributed by atoms with Crippen LogP contribution in [0.1, 0.15) is 33.6 Å². The molecule has 1 aliphatic rings. The Bertz CT molecular complexity index is 182. The topological polar surface area (TPSA) is 0 Å². The van der Waals surface area contributed by atoms with Crippen molar-refractivity contribution in [2.24, 2.45) is 5.41 Å². The molecule has 0 nitrogen and oxygen atoms in total. The van der Waals surface area contributed by atoms with E-state index in [0.29, 0.717) is 5.41 Å². The van der Waals surface area contributed by atoms with Gasteiger partial charge < -0.3 is 0 Å². The van der Waals surface area contributed by atoms with Crippen LogP contribution in [-0.2, 0) is 0 Å². The van der Waals surface area contributed by atoms with Crippen molar-refractivity contribution in [3.63, 3.8) is 0 Å². The molecule has 0 unspecified atom stereocenters. The first-order chi connectivity index (χ1) is 4.55. The predicted octanol–water partition coefficient (Wildman–Crippen LogP) is 3.31. The summed E-state index contributed by atoms with van der Waals surface area (Å²) in [5.41, 5.74) is 3.48. The summed E-state index contributed by atoms with van der Waals surface area (Å²) in [6, 6.07) is 0. The van der Waals surface area contributed by atoms with Gasteiger partial charge in [0, 0.05) is 0 Å². The van der Waals surface area contributed by atoms with Crippen LogP contribution in [0.4, 0.5) is 0 Å². The van der Waals surface area contributed by atoms with Crippen molar-refractivity contribution < 1.29 is 0 Å². The van der Waals surface area contributed by atoms with Gasteiger partial charge in [-0.2, -0.15) is 0 Å². The molecule has 0 amide bonds. The Balaban J connectivity index is 2.77. The van der Waals surface area contributed by atoms with Crippen LogP contribution in [0.3, 0.4) is 0 Å². The summed E-state index contributed by atoms with van der Waals surface area (Å²) in [7, 11) is 0. The summed E-state index contributed by atoms with van der Waals surface area (Å²) in [4.78, 5) is 0. The van der Waals surface area contributed by atoms with Crippen molar-refractivity contribution in [1.29, 1.82) is 0 Å². The highest BCUT2D eigenvalue weighted by atomic mass is 14.3. The molecule has 1 aliphatic carbocycles. The summed E-state index contributed by atoms with van der Waals surface area (Å²) in [5.74, 6) is 0. The minimum absolute atomic E-state index is 0.494. The van der Waals surface area contributed by atoms with Crippen molar-refractivity contribution in [2.45, 2.75) is 33.6 Å². The molecule has 0 N–H and O–H groups in total. The zero-order valence-electron chi connectivity index (χ0n) is 7.20. The maximum Gasteiger partial charge on any atom is -0.0225 e. The Hall–Kier alpha value is -0.520. The van der Waals surface area contributed by atoms with E-state index in [2.05, 4.69) is 27.4 Å². The fourth-order valence-corrected chi connectivity index (χ4v) is 1.81. The molecule has 0 saturated carbocycles. The molecule has 0 fully saturated rings. The van der Waals surface area contributed by atoms with E-state index in [4.69, 9.17) is 0 Å². The fraction of sp³-hybridized carbons (Fsp3) is 0.600. The van der Waals surface area contributed by atoms with Gasteiger partial charge in [-0.05, 0) is 30.8 Å². The summed E-state index contributed by atoms with van der Waals surface area (Å²) < 4.78 is 0. The number of hydrogen-bond donors (Lipinski definition) is 0. The van der Waals surface area contributed by atoms with Crippen LogP contribution in [0.15, 0.2) is 23.8 Å². The van der Waals surface area contributed by atoms with Gasteiger partial charge in [0.2, 0.25) is 0 Å². The first-order valence-corrected chi connectivity index (χ1v) is 3.86. The van der Waals surface area contributed by atoms with E-state index in [1.54, 1.807) is 0 Å². The highest BCUT2D eigenvalue weighted by molar-refractivity contribution is 5.29. The van der Waals surface area contributed by atoms with Crippen molar-refractivity contribution in [3.05, 3.63) is 23.8 Å². The fourth-order valence-electron chi connectivity index (χ4n) is 1.81. The molecular formula is C10H16. The van der Waals surface area contributed by atoms with Gasteiger partial charge in [-0.3, -0.25) is 0 Å². The second-order valence-electron chi connectivity index (χ2n) is 4.03. The number of hydrogen-bond acceptors (Lipinski definition) is 0. The number of allylic oxidation sites excluding steroid dienone is 3. The molecule has 0 aromatic rings. The van der Waals surface area contributed by atoms with Crippen LogP contribution < -0.4 is 0 Å². The third-order valence-electron chi connectivity index (χ3n) is 2.21. The lowest BCUT2D eigenvalue weighted by molar-refractivity contribution is 0.391. The molecule has 0 saturated heterocycles. The van der Waals surface area contributed by atoms with Gasteiger partial charge in [-0.1, -0.05) is 32.1 Å². The van der Waals surface area contributed by atoms with Crippen molar-refractivity contribution in [2.75, 3.05) is 0 Å². The van der Waals surface area contributed by atoms with Crippen LogP contribution in [0.5, 0.6) is 0 Å². The third-order valence-corrected chi connectivity index (χ3v) is 2.21. The first kappa shape index (κ1) is 7.59. The van der Waals surface area contributed by atoms with Gasteiger partial charge in [-0.25, -0.2) is 0 Å². The molecule has 0 bridgehead atoms. The van der Waals surface area contributed by atoms with Crippen LogP contribution in [0.25, 0.3) is 0 Å². The lowest BCUT2D eigenvalue weighted by Gasteiger charge is -2.16. The average Bonchev–Trinajstić information content (AvgIpc) is 2.05. The minimum Gasteiger partial charge on any atom is -0.0988 e. The Morgan fingerprint density at radius 2 is 2.00 bits per heavy atom. The van der Waals surface area contributed by atoms with Gasteiger partial charge in [0.05, 0.1) is 0 Å². The standard InChI is InChI=1S/C10H16/c1-5-9-7-10(3,4)6-8(9)2/h5H,1,6-7H2,2-4H3. The van der Waals surface area contributed by atoms with Gasteiger partial charge in [0.15, 0.2) is 0 Å². The summed E-state index contributed by atoms with van der Waals surface area (Å²) in [6.45, 7) is 10.6. The van der Waals surface area contributed by atoms with Crippen molar-refractivity contribution in [3.8, 4) is 0 Å². The second kappa shape index (κ2) is 2.26. The highest BCUT2D eigenvalue weighted by Crippen LogP contribution is 2.41. The highest BCUT2D eigenvalue weighted by Gasteiger charge is 2.26. The molecule has 0 atom stereocenters. The quantitative estimate of drug-likeness (QED) is 0.518. The van der Waals surface area contributed by atoms with Gasteiger partial charge in [0.1, 0.15) is 0 Å². The van der Waals surface area contributed by atoms with Crippen LogP contribution in [-0.4, -0.2) is 0 Å². The molecule has 0 aromatic carbocycles. The van der Waals surface area contributed by atoms with E-state index in [9.17, 15) is 0 Å². The Morgan fingerprint density at radius 1 is 1.40 bits per heavy atom. The summed E-state index contributed by atoms with van der Waals surface area (Å²) in [5, 5.41) is 0. The summed E-state index contributed by atoms with van der Waals surface area (Å²) >= 11 is 0. The normalized spacial score (nSPS) is 23.5. The lowest BCUT2D eigenvalue weighted by Crippen LogP contribution is -2.04. The Labute approximate surface area is 63.6 Å². The smallest absolute Gasteiger partial charge is 0.0225 e. The zero-order chi connectivity index (χ0) is 7.78. The van der Waals surface area contributed by atoms with Crippen molar-refractivity contribution >= 4 is 0 Å². The molecule has 1 rings (SSSR count). The maximum absolute atomic E-state index is 3.80. The van der Waals surface area contributed by atoms with E-state index in [-0.39, 0.29) is 0 Å². The predicted molar refractivity (Wildman–Crippen MR) is 45.9 cm³/mol. The molecular weight excluding hydrogens is 120 g/mol. The van der Waals surface area contributed by atoms with Gasteiger partial charge in [-0.15, -0.1) is 0 Å². The maximum atomic E-state index is 3.80. The SMILES string of the molecule is C=CC1=C(C)CC(C)(C)C1. The van der Waals surface area contributed by atoms with Gasteiger partial charge in [0.25, 0.3) is 0 Å².